The summed E-state index contributed by atoms with van der Waals surface area (Å²) in [7, 11) is 3.11. The van der Waals surface area contributed by atoms with Crippen molar-refractivity contribution in [3.63, 3.8) is 0 Å². The number of amides is 1. The topological polar surface area (TPSA) is 47.6 Å². The van der Waals surface area contributed by atoms with Gasteiger partial charge in [0.05, 0.1) is 19.6 Å². The maximum atomic E-state index is 13.6. The first-order valence-electron chi connectivity index (χ1n) is 7.88. The second-order valence-electron chi connectivity index (χ2n) is 6.00. The van der Waals surface area contributed by atoms with Crippen LogP contribution in [0.4, 0.5) is 10.1 Å². The van der Waals surface area contributed by atoms with E-state index in [1.807, 2.05) is 6.07 Å². The molecule has 0 bridgehead atoms. The number of carbonyl (C=O) groups excluding carboxylic acids is 1. The second-order valence-corrected chi connectivity index (χ2v) is 6.00. The van der Waals surface area contributed by atoms with Crippen LogP contribution in [0.5, 0.6) is 11.5 Å². The van der Waals surface area contributed by atoms with Crippen molar-refractivity contribution in [1.29, 1.82) is 0 Å². The van der Waals surface area contributed by atoms with Crippen LogP contribution in [0.2, 0.25) is 0 Å². The number of nitrogens with one attached hydrogen (secondary N) is 1. The van der Waals surface area contributed by atoms with Crippen molar-refractivity contribution in [1.82, 2.24) is 0 Å². The van der Waals surface area contributed by atoms with Gasteiger partial charge in [-0.25, -0.2) is 4.39 Å². The molecular weight excluding hydrogens is 309 g/mol. The summed E-state index contributed by atoms with van der Waals surface area (Å²) >= 11 is 0. The van der Waals surface area contributed by atoms with E-state index in [0.717, 1.165) is 12.0 Å². The minimum atomic E-state index is -0.668. The minimum Gasteiger partial charge on any atom is -0.497 e. The Hall–Kier alpha value is -2.56. The van der Waals surface area contributed by atoms with E-state index in [2.05, 4.69) is 5.32 Å². The van der Waals surface area contributed by atoms with E-state index >= 15 is 0 Å². The van der Waals surface area contributed by atoms with E-state index in [-0.39, 0.29) is 11.7 Å². The lowest BCUT2D eigenvalue weighted by molar-refractivity contribution is -0.124. The number of hydrogen-bond donors (Lipinski definition) is 1. The monoisotopic (exact) mass is 329 g/mol. The van der Waals surface area contributed by atoms with Gasteiger partial charge in [0, 0.05) is 23.9 Å². The summed E-state index contributed by atoms with van der Waals surface area (Å²) in [6.45, 7) is 0. The van der Waals surface area contributed by atoms with E-state index in [1.54, 1.807) is 38.5 Å². The molecule has 1 saturated carbocycles. The van der Waals surface area contributed by atoms with Gasteiger partial charge in [0.1, 0.15) is 17.3 Å². The predicted molar refractivity (Wildman–Crippen MR) is 90.1 cm³/mol. The molecule has 1 aliphatic rings. The molecule has 126 valence electrons. The number of carbonyl (C=O) groups is 1. The molecule has 24 heavy (non-hydrogen) atoms. The highest BCUT2D eigenvalue weighted by Crippen LogP contribution is 2.45. The molecular formula is C19H20FNO3. The van der Waals surface area contributed by atoms with Gasteiger partial charge in [-0.2, -0.15) is 0 Å². The molecule has 2 aromatic rings. The number of benzene rings is 2. The third-order valence-corrected chi connectivity index (χ3v) is 4.63. The fourth-order valence-electron chi connectivity index (χ4n) is 3.09. The highest BCUT2D eigenvalue weighted by molar-refractivity contribution is 6.00. The van der Waals surface area contributed by atoms with Gasteiger partial charge >= 0.3 is 0 Å². The number of anilines is 1. The zero-order chi connectivity index (χ0) is 17.2. The van der Waals surface area contributed by atoms with Crippen molar-refractivity contribution in [2.45, 2.75) is 24.7 Å². The van der Waals surface area contributed by atoms with E-state index in [9.17, 15) is 9.18 Å². The molecule has 5 heteroatoms. The highest BCUT2D eigenvalue weighted by atomic mass is 19.1. The lowest BCUT2D eigenvalue weighted by Gasteiger charge is -2.40. The van der Waals surface area contributed by atoms with Gasteiger partial charge in [-0.15, -0.1) is 0 Å². The van der Waals surface area contributed by atoms with E-state index in [0.29, 0.717) is 30.0 Å². The fraction of sp³-hybridized carbons (Fsp3) is 0.316. The Bertz CT molecular complexity index is 734. The van der Waals surface area contributed by atoms with Gasteiger partial charge in [-0.3, -0.25) is 4.79 Å². The standard InChI is InChI=1S/C19H20FNO3/c1-23-16-10-15(11-17(12-16)24-2)21-18(22)19(7-4-8-19)13-5-3-6-14(20)9-13/h3,5-6,9-12H,4,7-8H2,1-2H3,(H,21,22). The second kappa shape index (κ2) is 6.51. The molecule has 1 aliphatic carbocycles. The zero-order valence-electron chi connectivity index (χ0n) is 13.8. The maximum Gasteiger partial charge on any atom is 0.235 e. The minimum absolute atomic E-state index is 0.130. The first-order valence-corrected chi connectivity index (χ1v) is 7.88. The van der Waals surface area contributed by atoms with Crippen molar-refractivity contribution >= 4 is 11.6 Å². The molecule has 0 unspecified atom stereocenters. The fourth-order valence-corrected chi connectivity index (χ4v) is 3.09. The quantitative estimate of drug-likeness (QED) is 0.905. The summed E-state index contributed by atoms with van der Waals surface area (Å²) in [5, 5.41) is 2.93. The molecule has 0 spiro atoms. The predicted octanol–water partition coefficient (Wildman–Crippen LogP) is 3.90. The molecule has 4 nitrogen and oxygen atoms in total. The number of ether oxygens (including phenoxy) is 2. The van der Waals surface area contributed by atoms with Crippen molar-refractivity contribution in [2.75, 3.05) is 19.5 Å². The normalized spacial score (nSPS) is 15.3. The molecule has 0 aliphatic heterocycles. The third kappa shape index (κ3) is 2.94. The van der Waals surface area contributed by atoms with E-state index in [4.69, 9.17) is 9.47 Å². The average Bonchev–Trinajstić information content (AvgIpc) is 2.53. The Morgan fingerprint density at radius 3 is 2.25 bits per heavy atom. The lowest BCUT2D eigenvalue weighted by Crippen LogP contribution is -2.46. The first kappa shape index (κ1) is 16.3. The summed E-state index contributed by atoms with van der Waals surface area (Å²) in [5.41, 5.74) is 0.651. The van der Waals surface area contributed by atoms with E-state index < -0.39 is 5.41 Å². The van der Waals surface area contributed by atoms with Crippen LogP contribution in [0.15, 0.2) is 42.5 Å². The summed E-state index contributed by atoms with van der Waals surface area (Å²) in [5.74, 6) is 0.736. The first-order chi connectivity index (χ1) is 11.6. The van der Waals surface area contributed by atoms with Crippen molar-refractivity contribution in [3.8, 4) is 11.5 Å². The molecule has 1 amide bonds. The van der Waals surface area contributed by atoms with Crippen LogP contribution in [0.3, 0.4) is 0 Å². The van der Waals surface area contributed by atoms with Crippen LogP contribution in [0, 0.1) is 5.82 Å². The Morgan fingerprint density at radius 2 is 1.75 bits per heavy atom. The molecule has 2 aromatic carbocycles. The van der Waals surface area contributed by atoms with Gasteiger partial charge in [-0.1, -0.05) is 18.6 Å². The van der Waals surface area contributed by atoms with E-state index in [1.165, 1.54) is 12.1 Å². The van der Waals surface area contributed by atoms with Crippen LogP contribution in [0.25, 0.3) is 0 Å². The largest absolute Gasteiger partial charge is 0.497 e. The van der Waals surface area contributed by atoms with Crippen LogP contribution in [-0.2, 0) is 10.2 Å². The summed E-state index contributed by atoms with van der Waals surface area (Å²) < 4.78 is 24.0. The number of halogens is 1. The molecule has 0 saturated heterocycles. The van der Waals surface area contributed by atoms with Gasteiger partial charge in [0.25, 0.3) is 0 Å². The third-order valence-electron chi connectivity index (χ3n) is 4.63. The zero-order valence-corrected chi connectivity index (χ0v) is 13.8. The number of hydrogen-bond acceptors (Lipinski definition) is 3. The van der Waals surface area contributed by atoms with Gasteiger partial charge in [0.2, 0.25) is 5.91 Å². The Morgan fingerprint density at radius 1 is 1.08 bits per heavy atom. The van der Waals surface area contributed by atoms with Crippen LogP contribution >= 0.6 is 0 Å². The Balaban J connectivity index is 1.88. The number of rotatable bonds is 5. The average molecular weight is 329 g/mol. The Labute approximate surface area is 140 Å². The summed E-state index contributed by atoms with van der Waals surface area (Å²) in [6, 6.07) is 11.5. The van der Waals surface area contributed by atoms with Gasteiger partial charge in [0.15, 0.2) is 0 Å². The Kier molecular flexibility index (Phi) is 4.42. The smallest absolute Gasteiger partial charge is 0.235 e. The van der Waals surface area contributed by atoms with Crippen molar-refractivity contribution < 1.29 is 18.7 Å². The maximum absolute atomic E-state index is 13.6. The van der Waals surface area contributed by atoms with Gasteiger partial charge < -0.3 is 14.8 Å². The summed E-state index contributed by atoms with van der Waals surface area (Å²) in [6.07, 6.45) is 2.37. The van der Waals surface area contributed by atoms with Crippen LogP contribution in [0.1, 0.15) is 24.8 Å². The van der Waals surface area contributed by atoms with Crippen molar-refractivity contribution in [3.05, 3.63) is 53.8 Å². The van der Waals surface area contributed by atoms with Crippen LogP contribution < -0.4 is 14.8 Å². The lowest BCUT2D eigenvalue weighted by atomic mass is 9.63. The highest BCUT2D eigenvalue weighted by Gasteiger charge is 2.45. The van der Waals surface area contributed by atoms with Gasteiger partial charge in [-0.05, 0) is 30.5 Å². The SMILES string of the molecule is COc1cc(NC(=O)C2(c3cccc(F)c3)CCC2)cc(OC)c1. The molecule has 1 fully saturated rings. The molecule has 0 aromatic heterocycles. The molecule has 0 radical (unpaired) electrons. The number of methoxy groups -OCH3 is 2. The van der Waals surface area contributed by atoms with Crippen LogP contribution in [-0.4, -0.2) is 20.1 Å². The molecule has 3 rings (SSSR count). The molecule has 0 atom stereocenters. The molecule has 0 heterocycles. The summed E-state index contributed by atoms with van der Waals surface area (Å²) in [4.78, 5) is 12.9. The molecule has 1 N–H and O–H groups in total. The van der Waals surface area contributed by atoms with Crippen molar-refractivity contribution in [2.24, 2.45) is 0 Å².